The Morgan fingerprint density at radius 2 is 2.12 bits per heavy atom. The van der Waals surface area contributed by atoms with Crippen LogP contribution in [-0.2, 0) is 4.74 Å². The molecule has 3 aromatic rings. The largest absolute Gasteiger partial charge is 0.477 e. The molecule has 1 saturated carbocycles. The minimum atomic E-state index is -1.08. The molecule has 1 aliphatic rings. The van der Waals surface area contributed by atoms with Crippen LogP contribution < -0.4 is 0 Å². The summed E-state index contributed by atoms with van der Waals surface area (Å²) in [5, 5.41) is 24.3. The number of carbonyl (C=O) groups is 1. The van der Waals surface area contributed by atoms with Crippen molar-refractivity contribution in [2.24, 2.45) is 0 Å². The molecule has 8 heteroatoms. The lowest BCUT2D eigenvalue weighted by Gasteiger charge is -2.26. The van der Waals surface area contributed by atoms with Gasteiger partial charge in [0.15, 0.2) is 5.65 Å². The van der Waals surface area contributed by atoms with Crippen molar-refractivity contribution in [3.8, 4) is 5.69 Å². The standard InChI is InChI=1S/C18H18N4O4/c23-16(10-26-14-2-1-3-14)11-6-12-8-21-22(17(12)20-7-11)13-4-5-15(18(24)25)19-9-13/h4-9,14,16,23H,1-3,10H2,(H,24,25)/t16-/m1/s1. The molecule has 0 bridgehead atoms. The van der Waals surface area contributed by atoms with E-state index in [4.69, 9.17) is 9.84 Å². The second-order valence-electron chi connectivity index (χ2n) is 6.35. The van der Waals surface area contributed by atoms with Gasteiger partial charge in [0, 0.05) is 17.1 Å². The number of fused-ring (bicyclic) bond motifs is 1. The molecule has 3 aromatic heterocycles. The average molecular weight is 354 g/mol. The molecular weight excluding hydrogens is 336 g/mol. The summed E-state index contributed by atoms with van der Waals surface area (Å²) >= 11 is 0. The van der Waals surface area contributed by atoms with Gasteiger partial charge in [-0.15, -0.1) is 0 Å². The molecule has 2 N–H and O–H groups in total. The van der Waals surface area contributed by atoms with E-state index in [0.717, 1.165) is 18.2 Å². The Hall–Kier alpha value is -2.84. The molecule has 0 spiro atoms. The summed E-state index contributed by atoms with van der Waals surface area (Å²) < 4.78 is 7.23. The third kappa shape index (κ3) is 3.16. The topological polar surface area (TPSA) is 110 Å². The van der Waals surface area contributed by atoms with Crippen LogP contribution in [0.5, 0.6) is 0 Å². The number of carboxylic acid groups (broad SMARTS) is 1. The first-order valence-electron chi connectivity index (χ1n) is 8.45. The fourth-order valence-electron chi connectivity index (χ4n) is 2.81. The molecule has 0 aliphatic heterocycles. The normalized spacial score (nSPS) is 15.7. The maximum atomic E-state index is 10.9. The lowest BCUT2D eigenvalue weighted by Crippen LogP contribution is -2.24. The van der Waals surface area contributed by atoms with Gasteiger partial charge in [0.25, 0.3) is 0 Å². The molecule has 0 saturated heterocycles. The van der Waals surface area contributed by atoms with Crippen LogP contribution in [0.1, 0.15) is 41.4 Å². The summed E-state index contributed by atoms with van der Waals surface area (Å²) in [6.45, 7) is 0.257. The van der Waals surface area contributed by atoms with Gasteiger partial charge in [-0.25, -0.2) is 19.4 Å². The number of aliphatic hydroxyl groups excluding tert-OH is 1. The van der Waals surface area contributed by atoms with Gasteiger partial charge in [-0.1, -0.05) is 0 Å². The van der Waals surface area contributed by atoms with Crippen molar-refractivity contribution in [1.82, 2.24) is 19.7 Å². The molecule has 0 radical (unpaired) electrons. The summed E-state index contributed by atoms with van der Waals surface area (Å²) in [7, 11) is 0. The highest BCUT2D eigenvalue weighted by Crippen LogP contribution is 2.25. The number of ether oxygens (including phenoxy) is 1. The van der Waals surface area contributed by atoms with Crippen LogP contribution in [0.25, 0.3) is 16.7 Å². The summed E-state index contributed by atoms with van der Waals surface area (Å²) in [5.74, 6) is -1.08. The van der Waals surface area contributed by atoms with Gasteiger partial charge >= 0.3 is 5.97 Å². The van der Waals surface area contributed by atoms with Crippen molar-refractivity contribution in [2.75, 3.05) is 6.61 Å². The number of pyridine rings is 2. The third-order valence-corrected chi connectivity index (χ3v) is 4.57. The Bertz CT molecular complexity index is 934. The number of aromatic nitrogens is 4. The van der Waals surface area contributed by atoms with E-state index in [1.54, 1.807) is 23.1 Å². The zero-order valence-corrected chi connectivity index (χ0v) is 13.9. The van der Waals surface area contributed by atoms with Crippen LogP contribution in [0.2, 0.25) is 0 Å². The lowest BCUT2D eigenvalue weighted by atomic mass is 9.96. The summed E-state index contributed by atoms with van der Waals surface area (Å²) in [4.78, 5) is 19.2. The van der Waals surface area contributed by atoms with Crippen molar-refractivity contribution in [2.45, 2.75) is 31.5 Å². The smallest absolute Gasteiger partial charge is 0.354 e. The number of nitrogens with zero attached hydrogens (tertiary/aromatic N) is 4. The van der Waals surface area contributed by atoms with Gasteiger partial charge in [-0.3, -0.25) is 0 Å². The monoisotopic (exact) mass is 354 g/mol. The average Bonchev–Trinajstić information content (AvgIpc) is 3.03. The second-order valence-corrected chi connectivity index (χ2v) is 6.35. The first kappa shape index (κ1) is 16.6. The van der Waals surface area contributed by atoms with E-state index in [2.05, 4.69) is 15.1 Å². The van der Waals surface area contributed by atoms with Gasteiger partial charge in [-0.2, -0.15) is 5.10 Å². The molecule has 26 heavy (non-hydrogen) atoms. The minimum Gasteiger partial charge on any atom is -0.477 e. The number of hydrogen-bond acceptors (Lipinski definition) is 6. The first-order chi connectivity index (χ1) is 12.6. The first-order valence-corrected chi connectivity index (χ1v) is 8.45. The highest BCUT2D eigenvalue weighted by molar-refractivity contribution is 5.85. The number of aromatic carboxylic acids is 1. The molecule has 0 unspecified atom stereocenters. The van der Waals surface area contributed by atoms with Gasteiger partial charge in [-0.05, 0) is 37.5 Å². The second kappa shape index (κ2) is 6.81. The molecule has 4 rings (SSSR count). The fraction of sp³-hybridized carbons (Fsp3) is 0.333. The van der Waals surface area contributed by atoms with E-state index in [1.807, 2.05) is 6.07 Å². The quantitative estimate of drug-likeness (QED) is 0.697. The highest BCUT2D eigenvalue weighted by Gasteiger charge is 2.20. The molecule has 134 valence electrons. The Kier molecular flexibility index (Phi) is 4.36. The van der Waals surface area contributed by atoms with Crippen molar-refractivity contribution in [1.29, 1.82) is 0 Å². The van der Waals surface area contributed by atoms with Crippen LogP contribution in [0.4, 0.5) is 0 Å². The number of hydrogen-bond donors (Lipinski definition) is 2. The summed E-state index contributed by atoms with van der Waals surface area (Å²) in [6.07, 6.45) is 7.54. The van der Waals surface area contributed by atoms with Crippen LogP contribution in [-0.4, -0.2) is 48.6 Å². The van der Waals surface area contributed by atoms with Gasteiger partial charge in [0.2, 0.25) is 0 Å². The molecule has 1 atom stereocenters. The summed E-state index contributed by atoms with van der Waals surface area (Å²) in [6, 6.07) is 4.88. The van der Waals surface area contributed by atoms with Crippen LogP contribution in [0.3, 0.4) is 0 Å². The van der Waals surface area contributed by atoms with E-state index in [9.17, 15) is 9.90 Å². The van der Waals surface area contributed by atoms with Crippen LogP contribution in [0.15, 0.2) is 36.8 Å². The molecule has 1 fully saturated rings. The van der Waals surface area contributed by atoms with E-state index < -0.39 is 12.1 Å². The van der Waals surface area contributed by atoms with Crippen molar-refractivity contribution < 1.29 is 19.7 Å². The zero-order chi connectivity index (χ0) is 18.1. The van der Waals surface area contributed by atoms with Gasteiger partial charge in [0.05, 0.1) is 30.8 Å². The summed E-state index contributed by atoms with van der Waals surface area (Å²) in [5.41, 5.74) is 1.86. The van der Waals surface area contributed by atoms with E-state index in [1.165, 1.54) is 18.7 Å². The molecule has 1 aliphatic carbocycles. The lowest BCUT2D eigenvalue weighted by molar-refractivity contribution is -0.0427. The van der Waals surface area contributed by atoms with Crippen molar-refractivity contribution in [3.63, 3.8) is 0 Å². The Labute approximate surface area is 149 Å². The maximum absolute atomic E-state index is 10.9. The number of carboxylic acids is 1. The third-order valence-electron chi connectivity index (χ3n) is 4.57. The van der Waals surface area contributed by atoms with Crippen LogP contribution >= 0.6 is 0 Å². The molecule has 0 aromatic carbocycles. The zero-order valence-electron chi connectivity index (χ0n) is 13.9. The SMILES string of the molecule is O=C(O)c1ccc(-n2ncc3cc([C@H](O)COC4CCC4)cnc32)cn1. The molecule has 0 amide bonds. The Morgan fingerprint density at radius 3 is 2.77 bits per heavy atom. The van der Waals surface area contributed by atoms with Crippen molar-refractivity contribution in [3.05, 3.63) is 48.0 Å². The van der Waals surface area contributed by atoms with Gasteiger partial charge in [0.1, 0.15) is 11.8 Å². The Morgan fingerprint density at radius 1 is 1.27 bits per heavy atom. The minimum absolute atomic E-state index is 0.0324. The number of aliphatic hydroxyl groups is 1. The predicted octanol–water partition coefficient (Wildman–Crippen LogP) is 2.12. The highest BCUT2D eigenvalue weighted by atomic mass is 16.5. The molecule has 8 nitrogen and oxygen atoms in total. The van der Waals surface area contributed by atoms with E-state index in [-0.39, 0.29) is 18.4 Å². The van der Waals surface area contributed by atoms with Gasteiger partial charge < -0.3 is 14.9 Å². The molecular formula is C18H18N4O4. The Balaban J connectivity index is 1.55. The van der Waals surface area contributed by atoms with E-state index in [0.29, 0.717) is 16.9 Å². The van der Waals surface area contributed by atoms with Crippen LogP contribution in [0, 0.1) is 0 Å². The predicted molar refractivity (Wildman–Crippen MR) is 92.2 cm³/mol. The van der Waals surface area contributed by atoms with Crippen molar-refractivity contribution >= 4 is 17.0 Å². The fourth-order valence-corrected chi connectivity index (χ4v) is 2.81. The van der Waals surface area contributed by atoms with E-state index >= 15 is 0 Å². The molecule has 3 heterocycles. The number of rotatable bonds is 6. The maximum Gasteiger partial charge on any atom is 0.354 e.